The average molecular weight is 352 g/mol. The van der Waals surface area contributed by atoms with E-state index in [0.717, 1.165) is 11.3 Å². The molecule has 9 heteroatoms. The number of benzene rings is 1. The molecule has 7 nitrogen and oxygen atoms in total. The summed E-state index contributed by atoms with van der Waals surface area (Å²) in [4.78, 5) is 11.5. The average Bonchev–Trinajstić information content (AvgIpc) is 3.04. The van der Waals surface area contributed by atoms with Crippen molar-refractivity contribution < 1.29 is 22.7 Å². The smallest absolute Gasteiger partial charge is 0.349 e. The Labute approximate surface area is 137 Å². The number of carbonyl (C=O) groups excluding carboxylic acids is 1. The fraction of sp³-hybridized carbons (Fsp3) is 0.143. The molecule has 23 heavy (non-hydrogen) atoms. The normalized spacial score (nSPS) is 10.6. The number of sulfonamides is 1. The zero-order valence-corrected chi connectivity index (χ0v) is 13.6. The second kappa shape index (κ2) is 7.13. The topological polar surface area (TPSA) is 105 Å². The van der Waals surface area contributed by atoms with Crippen LogP contribution in [0.25, 0.3) is 0 Å². The Bertz CT molecular complexity index is 835. The van der Waals surface area contributed by atoms with Crippen LogP contribution in [0.15, 0.2) is 40.6 Å². The minimum atomic E-state index is -3.92. The molecule has 120 valence electrons. The van der Waals surface area contributed by atoms with E-state index in [9.17, 15) is 13.2 Å². The number of ether oxygens (including phenoxy) is 2. The van der Waals surface area contributed by atoms with E-state index in [1.807, 2.05) is 6.07 Å². The monoisotopic (exact) mass is 352 g/mol. The van der Waals surface area contributed by atoms with Crippen LogP contribution in [-0.2, 0) is 14.8 Å². The number of nitriles is 1. The molecular formula is C14H12N2O5S2. The SMILES string of the molecule is COC(=O)c1sccc1S(=O)(=O)Nc1ccc(OCC#N)cc1. The third-order valence-electron chi connectivity index (χ3n) is 2.70. The van der Waals surface area contributed by atoms with Gasteiger partial charge in [0.15, 0.2) is 6.61 Å². The molecule has 1 aromatic carbocycles. The summed E-state index contributed by atoms with van der Waals surface area (Å²) in [5, 5.41) is 9.93. The Kier molecular flexibility index (Phi) is 5.20. The van der Waals surface area contributed by atoms with E-state index < -0.39 is 16.0 Å². The first-order chi connectivity index (χ1) is 11.0. The van der Waals surface area contributed by atoms with Gasteiger partial charge in [0.25, 0.3) is 10.0 Å². The van der Waals surface area contributed by atoms with Crippen molar-refractivity contribution in [2.75, 3.05) is 18.4 Å². The highest BCUT2D eigenvalue weighted by Gasteiger charge is 2.24. The van der Waals surface area contributed by atoms with Gasteiger partial charge in [-0.15, -0.1) is 11.3 Å². The van der Waals surface area contributed by atoms with Crippen molar-refractivity contribution in [1.29, 1.82) is 5.26 Å². The van der Waals surface area contributed by atoms with Crippen LogP contribution in [0.3, 0.4) is 0 Å². The molecule has 0 atom stereocenters. The summed E-state index contributed by atoms with van der Waals surface area (Å²) >= 11 is 0.987. The van der Waals surface area contributed by atoms with Gasteiger partial charge in [0, 0.05) is 5.69 Å². The quantitative estimate of drug-likeness (QED) is 0.799. The number of nitrogens with zero attached hydrogens (tertiary/aromatic N) is 1. The molecule has 0 radical (unpaired) electrons. The summed E-state index contributed by atoms with van der Waals surface area (Å²) in [7, 11) is -2.73. The van der Waals surface area contributed by atoms with Crippen molar-refractivity contribution in [3.63, 3.8) is 0 Å². The van der Waals surface area contributed by atoms with Crippen molar-refractivity contribution in [1.82, 2.24) is 0 Å². The minimum Gasteiger partial charge on any atom is -0.479 e. The first-order valence-corrected chi connectivity index (χ1v) is 8.62. The maximum atomic E-state index is 12.4. The van der Waals surface area contributed by atoms with E-state index in [-0.39, 0.29) is 16.4 Å². The Hall–Kier alpha value is -2.57. The molecule has 0 saturated heterocycles. The maximum Gasteiger partial charge on any atom is 0.349 e. The molecule has 2 aromatic rings. The lowest BCUT2D eigenvalue weighted by Gasteiger charge is -2.09. The van der Waals surface area contributed by atoms with Crippen LogP contribution < -0.4 is 9.46 Å². The molecule has 0 amide bonds. The molecule has 1 aromatic heterocycles. The number of carbonyl (C=O) groups is 1. The number of methoxy groups -OCH3 is 1. The van der Waals surface area contributed by atoms with Crippen molar-refractivity contribution in [2.45, 2.75) is 4.90 Å². The van der Waals surface area contributed by atoms with E-state index in [4.69, 9.17) is 10.00 Å². The van der Waals surface area contributed by atoms with E-state index in [2.05, 4.69) is 9.46 Å². The lowest BCUT2D eigenvalue weighted by molar-refractivity contribution is 0.0602. The Morgan fingerprint density at radius 3 is 2.61 bits per heavy atom. The van der Waals surface area contributed by atoms with E-state index in [1.54, 1.807) is 0 Å². The van der Waals surface area contributed by atoms with E-state index in [1.165, 1.54) is 42.8 Å². The van der Waals surface area contributed by atoms with E-state index >= 15 is 0 Å². The van der Waals surface area contributed by atoms with Gasteiger partial charge < -0.3 is 9.47 Å². The summed E-state index contributed by atoms with van der Waals surface area (Å²) in [5.74, 6) is -0.263. The number of rotatable bonds is 6. The highest BCUT2D eigenvalue weighted by atomic mass is 32.2. The number of anilines is 1. The summed E-state index contributed by atoms with van der Waals surface area (Å²) in [6.45, 7) is -0.0948. The number of hydrogen-bond donors (Lipinski definition) is 1. The Morgan fingerprint density at radius 1 is 1.30 bits per heavy atom. The van der Waals surface area contributed by atoms with Crippen LogP contribution in [0, 0.1) is 11.3 Å². The van der Waals surface area contributed by atoms with Gasteiger partial charge in [-0.2, -0.15) is 5.26 Å². The molecule has 0 spiro atoms. The van der Waals surface area contributed by atoms with Crippen LogP contribution in [-0.4, -0.2) is 28.1 Å². The highest BCUT2D eigenvalue weighted by molar-refractivity contribution is 7.93. The van der Waals surface area contributed by atoms with Crippen LogP contribution >= 0.6 is 11.3 Å². The van der Waals surface area contributed by atoms with Crippen molar-refractivity contribution in [3.8, 4) is 11.8 Å². The lowest BCUT2D eigenvalue weighted by atomic mass is 10.3. The first kappa shape index (κ1) is 16.8. The Morgan fingerprint density at radius 2 is 2.00 bits per heavy atom. The predicted molar refractivity (Wildman–Crippen MR) is 84.0 cm³/mol. The fourth-order valence-corrected chi connectivity index (χ4v) is 4.09. The van der Waals surface area contributed by atoms with Gasteiger partial charge in [-0.3, -0.25) is 4.72 Å². The molecule has 0 bridgehead atoms. The molecule has 1 N–H and O–H groups in total. The minimum absolute atomic E-state index is 0.00831. The standard InChI is InChI=1S/C14H12N2O5S2/c1-20-14(17)13-12(6-9-22-13)23(18,19)16-10-2-4-11(5-3-10)21-8-7-15/h2-6,9,16H,8H2,1H3. The summed E-state index contributed by atoms with van der Waals surface area (Å²) in [5.41, 5.74) is 0.302. The highest BCUT2D eigenvalue weighted by Crippen LogP contribution is 2.25. The van der Waals surface area contributed by atoms with Crippen molar-refractivity contribution in [2.24, 2.45) is 0 Å². The summed E-state index contributed by atoms with van der Waals surface area (Å²) in [6.07, 6.45) is 0. The zero-order valence-electron chi connectivity index (χ0n) is 12.0. The molecule has 1 heterocycles. The van der Waals surface area contributed by atoms with Gasteiger partial charge in [0.2, 0.25) is 0 Å². The van der Waals surface area contributed by atoms with Crippen LogP contribution in [0.5, 0.6) is 5.75 Å². The number of hydrogen-bond acceptors (Lipinski definition) is 7. The third kappa shape index (κ3) is 4.00. The van der Waals surface area contributed by atoms with Crippen molar-refractivity contribution >= 4 is 33.0 Å². The maximum absolute atomic E-state index is 12.4. The molecule has 0 fully saturated rings. The second-order valence-electron chi connectivity index (χ2n) is 4.18. The first-order valence-electron chi connectivity index (χ1n) is 6.26. The number of esters is 1. The van der Waals surface area contributed by atoms with Gasteiger partial charge in [0.05, 0.1) is 7.11 Å². The van der Waals surface area contributed by atoms with Crippen molar-refractivity contribution in [3.05, 3.63) is 40.6 Å². The van der Waals surface area contributed by atoms with Crippen LogP contribution in [0.4, 0.5) is 5.69 Å². The molecular weight excluding hydrogens is 340 g/mol. The fourth-order valence-electron chi connectivity index (χ4n) is 1.70. The molecule has 0 aliphatic heterocycles. The second-order valence-corrected chi connectivity index (χ2v) is 6.75. The zero-order chi connectivity index (χ0) is 16.9. The predicted octanol–water partition coefficient (Wildman–Crippen LogP) is 2.24. The van der Waals surface area contributed by atoms with Crippen LogP contribution in [0.2, 0.25) is 0 Å². The van der Waals surface area contributed by atoms with Crippen LogP contribution in [0.1, 0.15) is 9.67 Å². The molecule has 0 unspecified atom stereocenters. The Balaban J connectivity index is 2.20. The molecule has 0 aliphatic rings. The van der Waals surface area contributed by atoms with Gasteiger partial charge >= 0.3 is 5.97 Å². The summed E-state index contributed by atoms with van der Waals surface area (Å²) < 4.78 is 36.8. The third-order valence-corrected chi connectivity index (χ3v) is 5.15. The van der Waals surface area contributed by atoms with E-state index in [0.29, 0.717) is 11.4 Å². The molecule has 0 saturated carbocycles. The molecule has 2 rings (SSSR count). The molecule has 0 aliphatic carbocycles. The number of thiophene rings is 1. The largest absolute Gasteiger partial charge is 0.479 e. The van der Waals surface area contributed by atoms with Gasteiger partial charge in [-0.05, 0) is 35.7 Å². The summed E-state index contributed by atoms with van der Waals surface area (Å²) in [6, 6.07) is 9.22. The van der Waals surface area contributed by atoms with Gasteiger partial charge in [-0.1, -0.05) is 0 Å². The van der Waals surface area contributed by atoms with Gasteiger partial charge in [0.1, 0.15) is 21.6 Å². The van der Waals surface area contributed by atoms with Gasteiger partial charge in [-0.25, -0.2) is 13.2 Å². The number of nitrogens with one attached hydrogen (secondary N) is 1. The lowest BCUT2D eigenvalue weighted by Crippen LogP contribution is -2.15.